The summed E-state index contributed by atoms with van der Waals surface area (Å²) in [4.78, 5) is 14.0. The summed E-state index contributed by atoms with van der Waals surface area (Å²) in [6, 6.07) is 6.19. The van der Waals surface area contributed by atoms with Gasteiger partial charge in [0, 0.05) is 12.6 Å². The Morgan fingerprint density at radius 2 is 2.19 bits per heavy atom. The van der Waals surface area contributed by atoms with Crippen LogP contribution in [0.5, 0.6) is 5.75 Å². The van der Waals surface area contributed by atoms with Crippen LogP contribution in [-0.4, -0.2) is 35.1 Å². The summed E-state index contributed by atoms with van der Waals surface area (Å²) in [6.45, 7) is 2.87. The third-order valence-corrected chi connectivity index (χ3v) is 4.41. The molecule has 1 aromatic rings. The molecule has 0 radical (unpaired) electrons. The number of benzene rings is 1. The minimum atomic E-state index is -0.352. The number of amides is 1. The van der Waals surface area contributed by atoms with Gasteiger partial charge in [-0.25, -0.2) is 0 Å². The zero-order valence-electron chi connectivity index (χ0n) is 12.5. The maximum Gasteiger partial charge on any atom is 0.260 e. The van der Waals surface area contributed by atoms with Gasteiger partial charge < -0.3 is 14.7 Å². The molecule has 1 fully saturated rings. The van der Waals surface area contributed by atoms with Crippen molar-refractivity contribution < 1.29 is 14.6 Å². The van der Waals surface area contributed by atoms with E-state index < -0.39 is 0 Å². The van der Waals surface area contributed by atoms with Gasteiger partial charge in [0.1, 0.15) is 5.75 Å². The van der Waals surface area contributed by atoms with E-state index in [0.29, 0.717) is 6.04 Å². The number of likely N-dealkylation sites (N-methyl/N-ethyl adjacent to an activating group) is 1. The fourth-order valence-corrected chi connectivity index (χ4v) is 3.11. The van der Waals surface area contributed by atoms with Crippen LogP contribution in [0.1, 0.15) is 49.8 Å². The maximum absolute atomic E-state index is 12.1. The molecule has 1 N–H and O–H groups in total. The minimum Gasteiger partial charge on any atom is -0.484 e. The highest BCUT2D eigenvalue weighted by atomic mass is 16.5. The van der Waals surface area contributed by atoms with E-state index in [1.807, 2.05) is 30.0 Å². The lowest BCUT2D eigenvalue weighted by Gasteiger charge is -2.23. The molecular formula is C17H23NO3. The van der Waals surface area contributed by atoms with Crippen molar-refractivity contribution in [2.24, 2.45) is 0 Å². The number of fused-ring (bicyclic) bond motifs is 1. The highest BCUT2D eigenvalue weighted by molar-refractivity contribution is 5.78. The van der Waals surface area contributed by atoms with E-state index in [0.717, 1.165) is 55.5 Å². The van der Waals surface area contributed by atoms with Crippen LogP contribution in [0.25, 0.3) is 0 Å². The first-order valence-electron chi connectivity index (χ1n) is 7.92. The van der Waals surface area contributed by atoms with Crippen LogP contribution < -0.4 is 4.74 Å². The van der Waals surface area contributed by atoms with Crippen molar-refractivity contribution in [2.75, 3.05) is 13.2 Å². The van der Waals surface area contributed by atoms with Crippen molar-refractivity contribution >= 4 is 5.91 Å². The van der Waals surface area contributed by atoms with Crippen molar-refractivity contribution in [1.82, 2.24) is 4.90 Å². The zero-order chi connectivity index (χ0) is 14.8. The van der Waals surface area contributed by atoms with Gasteiger partial charge >= 0.3 is 0 Å². The SMILES string of the molecule is CCN(C(=O)COc1ccc2c(c1)CCCC2O)C1CC1. The van der Waals surface area contributed by atoms with Crippen molar-refractivity contribution in [2.45, 2.75) is 51.2 Å². The molecule has 1 amide bonds. The van der Waals surface area contributed by atoms with Crippen LogP contribution in [0, 0.1) is 0 Å². The summed E-state index contributed by atoms with van der Waals surface area (Å²) >= 11 is 0. The predicted molar refractivity (Wildman–Crippen MR) is 80.2 cm³/mol. The number of nitrogens with zero attached hydrogens (tertiary/aromatic N) is 1. The normalized spacial score (nSPS) is 20.8. The van der Waals surface area contributed by atoms with E-state index >= 15 is 0 Å². The molecule has 3 rings (SSSR count). The number of ether oxygens (including phenoxy) is 1. The average Bonchev–Trinajstić information content (AvgIpc) is 3.31. The summed E-state index contributed by atoms with van der Waals surface area (Å²) in [5.41, 5.74) is 2.15. The molecule has 1 unspecified atom stereocenters. The predicted octanol–water partition coefficient (Wildman–Crippen LogP) is 2.45. The van der Waals surface area contributed by atoms with Gasteiger partial charge in [0.25, 0.3) is 5.91 Å². The standard InChI is InChI=1S/C17H23NO3/c1-2-18(13-6-7-13)17(20)11-21-14-8-9-15-12(10-14)4-3-5-16(15)19/h8-10,13,16,19H,2-7,11H2,1H3. The second-order valence-electron chi connectivity index (χ2n) is 5.97. The number of rotatable bonds is 5. The largest absolute Gasteiger partial charge is 0.484 e. The van der Waals surface area contributed by atoms with Crippen molar-refractivity contribution in [3.63, 3.8) is 0 Å². The van der Waals surface area contributed by atoms with Gasteiger partial charge in [0.05, 0.1) is 6.10 Å². The number of carbonyl (C=O) groups is 1. The van der Waals surface area contributed by atoms with E-state index in [1.165, 1.54) is 0 Å². The molecule has 2 aliphatic rings. The van der Waals surface area contributed by atoms with Crippen LogP contribution in [0.3, 0.4) is 0 Å². The van der Waals surface area contributed by atoms with Gasteiger partial charge in [-0.1, -0.05) is 6.07 Å². The molecule has 0 aliphatic heterocycles. The molecule has 0 heterocycles. The Morgan fingerprint density at radius 3 is 2.90 bits per heavy atom. The highest BCUT2D eigenvalue weighted by Crippen LogP contribution is 2.32. The molecule has 4 nitrogen and oxygen atoms in total. The van der Waals surface area contributed by atoms with Crippen molar-refractivity contribution in [3.05, 3.63) is 29.3 Å². The molecular weight excluding hydrogens is 266 g/mol. The molecule has 21 heavy (non-hydrogen) atoms. The number of hydrogen-bond donors (Lipinski definition) is 1. The number of hydrogen-bond acceptors (Lipinski definition) is 3. The Morgan fingerprint density at radius 1 is 1.38 bits per heavy atom. The summed E-state index contributed by atoms with van der Waals surface area (Å²) in [6.07, 6.45) is 4.70. The van der Waals surface area contributed by atoms with E-state index in [2.05, 4.69) is 0 Å². The zero-order valence-corrected chi connectivity index (χ0v) is 12.5. The average molecular weight is 289 g/mol. The molecule has 1 aromatic carbocycles. The fraction of sp³-hybridized carbons (Fsp3) is 0.588. The van der Waals surface area contributed by atoms with E-state index in [-0.39, 0.29) is 18.6 Å². The summed E-state index contributed by atoms with van der Waals surface area (Å²) in [5.74, 6) is 0.792. The van der Waals surface area contributed by atoms with Gasteiger partial charge in [-0.15, -0.1) is 0 Å². The van der Waals surface area contributed by atoms with Crippen LogP contribution in [0.4, 0.5) is 0 Å². The topological polar surface area (TPSA) is 49.8 Å². The van der Waals surface area contributed by atoms with Gasteiger partial charge in [-0.3, -0.25) is 4.79 Å². The number of aliphatic hydroxyl groups excluding tert-OH is 1. The second-order valence-corrected chi connectivity index (χ2v) is 5.97. The molecule has 2 aliphatic carbocycles. The van der Waals surface area contributed by atoms with E-state index in [4.69, 9.17) is 4.74 Å². The van der Waals surface area contributed by atoms with Gasteiger partial charge in [-0.05, 0) is 62.3 Å². The summed E-state index contributed by atoms with van der Waals surface area (Å²) in [7, 11) is 0. The third-order valence-electron chi connectivity index (χ3n) is 4.41. The Kier molecular flexibility index (Phi) is 4.15. The summed E-state index contributed by atoms with van der Waals surface area (Å²) in [5, 5.41) is 9.94. The Labute approximate surface area is 125 Å². The number of aliphatic hydroxyl groups is 1. The lowest BCUT2D eigenvalue weighted by Crippen LogP contribution is -2.36. The fourth-order valence-electron chi connectivity index (χ4n) is 3.11. The summed E-state index contributed by atoms with van der Waals surface area (Å²) < 4.78 is 5.66. The van der Waals surface area contributed by atoms with Crippen molar-refractivity contribution in [1.29, 1.82) is 0 Å². The van der Waals surface area contributed by atoms with Crippen LogP contribution >= 0.6 is 0 Å². The molecule has 1 atom stereocenters. The lowest BCUT2D eigenvalue weighted by molar-refractivity contribution is -0.133. The van der Waals surface area contributed by atoms with Crippen molar-refractivity contribution in [3.8, 4) is 5.75 Å². The molecule has 0 aromatic heterocycles. The van der Waals surface area contributed by atoms with Crippen LogP contribution in [-0.2, 0) is 11.2 Å². The Balaban J connectivity index is 1.61. The monoisotopic (exact) mass is 289 g/mol. The third kappa shape index (κ3) is 3.21. The molecule has 0 saturated heterocycles. The first-order valence-corrected chi connectivity index (χ1v) is 7.92. The Bertz CT molecular complexity index is 525. The van der Waals surface area contributed by atoms with Gasteiger partial charge in [0.2, 0.25) is 0 Å². The van der Waals surface area contributed by atoms with Crippen LogP contribution in [0.15, 0.2) is 18.2 Å². The number of aryl methyl sites for hydroxylation is 1. The lowest BCUT2D eigenvalue weighted by atomic mass is 9.89. The second kappa shape index (κ2) is 6.06. The van der Waals surface area contributed by atoms with E-state index in [9.17, 15) is 9.90 Å². The van der Waals surface area contributed by atoms with Gasteiger partial charge in [-0.2, -0.15) is 0 Å². The van der Waals surface area contributed by atoms with E-state index in [1.54, 1.807) is 0 Å². The first kappa shape index (κ1) is 14.4. The molecule has 114 valence electrons. The highest BCUT2D eigenvalue weighted by Gasteiger charge is 2.31. The molecule has 1 saturated carbocycles. The first-order chi connectivity index (χ1) is 10.2. The molecule has 0 spiro atoms. The van der Waals surface area contributed by atoms with Gasteiger partial charge in [0.15, 0.2) is 6.61 Å². The quantitative estimate of drug-likeness (QED) is 0.906. The molecule has 0 bridgehead atoms. The smallest absolute Gasteiger partial charge is 0.260 e. The Hall–Kier alpha value is -1.55. The minimum absolute atomic E-state index is 0.0674. The van der Waals surface area contributed by atoms with Crippen LogP contribution in [0.2, 0.25) is 0 Å². The number of carbonyl (C=O) groups excluding carboxylic acids is 1. The maximum atomic E-state index is 12.1. The molecule has 4 heteroatoms.